The van der Waals surface area contributed by atoms with Crippen molar-refractivity contribution < 1.29 is 23.1 Å². The number of carboxylic acids is 1. The van der Waals surface area contributed by atoms with E-state index in [1.54, 1.807) is 0 Å². The molecule has 2 N–H and O–H groups in total. The summed E-state index contributed by atoms with van der Waals surface area (Å²) in [5.74, 6) is -2.03. The highest BCUT2D eigenvalue weighted by molar-refractivity contribution is 5.76. The molecule has 1 aliphatic heterocycles. The SMILES string of the molecule is O=C(O)C(F)(F)F.O=c1n(CC2CC2)c2ccccc2n1C1CCNCC1. The number of fused-ring (bicyclic) bond motifs is 1. The Labute approximate surface area is 153 Å². The van der Waals surface area contributed by atoms with Crippen LogP contribution in [-0.2, 0) is 11.3 Å². The van der Waals surface area contributed by atoms with Crippen molar-refractivity contribution in [3.63, 3.8) is 0 Å². The largest absolute Gasteiger partial charge is 0.490 e. The van der Waals surface area contributed by atoms with Crippen molar-refractivity contribution in [2.45, 2.75) is 44.4 Å². The number of imidazole rings is 1. The lowest BCUT2D eigenvalue weighted by molar-refractivity contribution is -0.192. The summed E-state index contributed by atoms with van der Waals surface area (Å²) >= 11 is 0. The van der Waals surface area contributed by atoms with E-state index in [2.05, 4.69) is 22.0 Å². The zero-order chi connectivity index (χ0) is 19.6. The molecule has 0 radical (unpaired) electrons. The first-order chi connectivity index (χ1) is 12.8. The quantitative estimate of drug-likeness (QED) is 0.852. The van der Waals surface area contributed by atoms with Gasteiger partial charge in [0.25, 0.3) is 0 Å². The summed E-state index contributed by atoms with van der Waals surface area (Å²) in [6, 6.07) is 8.63. The number of halogens is 3. The zero-order valence-corrected chi connectivity index (χ0v) is 14.7. The van der Waals surface area contributed by atoms with E-state index in [9.17, 15) is 18.0 Å². The molecule has 27 heavy (non-hydrogen) atoms. The van der Waals surface area contributed by atoms with E-state index in [0.717, 1.165) is 49.4 Å². The molecule has 0 bridgehead atoms. The van der Waals surface area contributed by atoms with E-state index in [4.69, 9.17) is 9.90 Å². The number of hydrogen-bond donors (Lipinski definition) is 2. The molecule has 1 aromatic heterocycles. The van der Waals surface area contributed by atoms with Gasteiger partial charge in [-0.3, -0.25) is 9.13 Å². The number of benzene rings is 1. The number of alkyl halides is 3. The number of aliphatic carboxylic acids is 1. The summed E-state index contributed by atoms with van der Waals surface area (Å²) < 4.78 is 35.8. The molecule has 1 saturated heterocycles. The second-order valence-corrected chi connectivity index (χ2v) is 6.98. The van der Waals surface area contributed by atoms with Crippen LogP contribution in [0.25, 0.3) is 11.0 Å². The van der Waals surface area contributed by atoms with Gasteiger partial charge >= 0.3 is 17.8 Å². The van der Waals surface area contributed by atoms with Gasteiger partial charge in [-0.05, 0) is 56.8 Å². The maximum Gasteiger partial charge on any atom is 0.490 e. The fourth-order valence-electron chi connectivity index (χ4n) is 3.39. The fourth-order valence-corrected chi connectivity index (χ4v) is 3.39. The van der Waals surface area contributed by atoms with E-state index >= 15 is 0 Å². The van der Waals surface area contributed by atoms with Crippen molar-refractivity contribution in [3.8, 4) is 0 Å². The average molecular weight is 385 g/mol. The summed E-state index contributed by atoms with van der Waals surface area (Å²) in [5.41, 5.74) is 2.43. The Kier molecular flexibility index (Phi) is 5.59. The Morgan fingerprint density at radius 1 is 1.11 bits per heavy atom. The van der Waals surface area contributed by atoms with E-state index < -0.39 is 12.1 Å². The molecule has 2 fully saturated rings. The Morgan fingerprint density at radius 2 is 1.67 bits per heavy atom. The highest BCUT2D eigenvalue weighted by Gasteiger charge is 2.38. The van der Waals surface area contributed by atoms with E-state index in [0.29, 0.717) is 6.04 Å². The Bertz CT molecular complexity index is 862. The second kappa shape index (κ2) is 7.75. The van der Waals surface area contributed by atoms with Crippen molar-refractivity contribution in [3.05, 3.63) is 34.7 Å². The van der Waals surface area contributed by atoms with Crippen LogP contribution in [0.2, 0.25) is 0 Å². The first-order valence-corrected chi connectivity index (χ1v) is 8.99. The summed E-state index contributed by atoms with van der Waals surface area (Å²) in [6.07, 6.45) is -0.423. The molecule has 148 valence electrons. The molecule has 1 aliphatic carbocycles. The summed E-state index contributed by atoms with van der Waals surface area (Å²) in [6.45, 7) is 2.93. The monoisotopic (exact) mass is 385 g/mol. The van der Waals surface area contributed by atoms with Crippen molar-refractivity contribution in [2.24, 2.45) is 5.92 Å². The minimum atomic E-state index is -5.08. The number of carboxylic acid groups (broad SMARTS) is 1. The zero-order valence-electron chi connectivity index (χ0n) is 14.7. The maximum atomic E-state index is 12.9. The molecule has 1 aromatic carbocycles. The van der Waals surface area contributed by atoms with Gasteiger partial charge in [0.2, 0.25) is 0 Å². The lowest BCUT2D eigenvalue weighted by Crippen LogP contribution is -2.35. The summed E-state index contributed by atoms with van der Waals surface area (Å²) in [4.78, 5) is 21.8. The van der Waals surface area contributed by atoms with Crippen LogP contribution in [0.3, 0.4) is 0 Å². The van der Waals surface area contributed by atoms with Gasteiger partial charge in [-0.25, -0.2) is 9.59 Å². The maximum absolute atomic E-state index is 12.9. The van der Waals surface area contributed by atoms with E-state index in [1.807, 2.05) is 16.7 Å². The molecular weight excluding hydrogens is 363 g/mol. The first-order valence-electron chi connectivity index (χ1n) is 8.99. The molecular formula is C18H22F3N3O3. The second-order valence-electron chi connectivity index (χ2n) is 6.98. The van der Waals surface area contributed by atoms with Gasteiger partial charge in [-0.1, -0.05) is 12.1 Å². The van der Waals surface area contributed by atoms with Crippen LogP contribution in [0, 0.1) is 5.92 Å². The van der Waals surface area contributed by atoms with Crippen molar-refractivity contribution in [1.82, 2.24) is 14.5 Å². The molecule has 2 aromatic rings. The molecule has 0 spiro atoms. The minimum absolute atomic E-state index is 0.199. The summed E-state index contributed by atoms with van der Waals surface area (Å²) in [7, 11) is 0. The van der Waals surface area contributed by atoms with Crippen LogP contribution in [0.5, 0.6) is 0 Å². The number of aromatic nitrogens is 2. The first kappa shape index (κ1) is 19.5. The highest BCUT2D eigenvalue weighted by Crippen LogP contribution is 2.32. The van der Waals surface area contributed by atoms with Crippen LogP contribution in [0.15, 0.2) is 29.1 Å². The molecule has 1 saturated carbocycles. The van der Waals surface area contributed by atoms with Crippen molar-refractivity contribution in [1.29, 1.82) is 0 Å². The van der Waals surface area contributed by atoms with E-state index in [1.165, 1.54) is 12.8 Å². The van der Waals surface area contributed by atoms with Gasteiger partial charge in [0.1, 0.15) is 0 Å². The number of rotatable bonds is 3. The highest BCUT2D eigenvalue weighted by atomic mass is 19.4. The van der Waals surface area contributed by atoms with Crippen LogP contribution in [0.1, 0.15) is 31.7 Å². The van der Waals surface area contributed by atoms with Crippen molar-refractivity contribution in [2.75, 3.05) is 13.1 Å². The van der Waals surface area contributed by atoms with Crippen molar-refractivity contribution >= 4 is 17.0 Å². The number of nitrogens with zero attached hydrogens (tertiary/aromatic N) is 2. The van der Waals surface area contributed by atoms with Gasteiger partial charge < -0.3 is 10.4 Å². The summed E-state index contributed by atoms with van der Waals surface area (Å²) in [5, 5.41) is 10.5. The number of para-hydroxylation sites is 2. The van der Waals surface area contributed by atoms with Crippen LogP contribution >= 0.6 is 0 Å². The smallest absolute Gasteiger partial charge is 0.475 e. The van der Waals surface area contributed by atoms with Crippen LogP contribution < -0.4 is 11.0 Å². The molecule has 4 rings (SSSR count). The molecule has 0 atom stereocenters. The van der Waals surface area contributed by atoms with Crippen LogP contribution in [-0.4, -0.2) is 39.5 Å². The van der Waals surface area contributed by atoms with Gasteiger partial charge in [0, 0.05) is 12.6 Å². The van der Waals surface area contributed by atoms with Gasteiger partial charge in [-0.15, -0.1) is 0 Å². The number of nitrogens with one attached hydrogen (secondary N) is 1. The molecule has 2 aliphatic rings. The Morgan fingerprint density at radius 3 is 2.19 bits per heavy atom. The molecule has 0 unspecified atom stereocenters. The molecule has 9 heteroatoms. The number of carbonyl (C=O) groups is 1. The molecule has 0 amide bonds. The standard InChI is InChI=1S/C16H21N3O.C2HF3O2/c20-16-18(11-12-5-6-12)14-3-1-2-4-15(14)19(16)13-7-9-17-10-8-13;3-2(4,5)1(6)7/h1-4,12-13,17H,5-11H2;(H,6,7). The van der Waals surface area contributed by atoms with E-state index in [-0.39, 0.29) is 5.69 Å². The normalized spacial score (nSPS) is 18.2. The minimum Gasteiger partial charge on any atom is -0.475 e. The topological polar surface area (TPSA) is 76.3 Å². The lowest BCUT2D eigenvalue weighted by atomic mass is 10.1. The molecule has 2 heterocycles. The average Bonchev–Trinajstić information content (AvgIpc) is 3.40. The predicted octanol–water partition coefficient (Wildman–Crippen LogP) is 2.77. The predicted molar refractivity (Wildman–Crippen MR) is 93.8 cm³/mol. The van der Waals surface area contributed by atoms with Gasteiger partial charge in [0.05, 0.1) is 11.0 Å². The fraction of sp³-hybridized carbons (Fsp3) is 0.556. The number of hydrogen-bond acceptors (Lipinski definition) is 3. The number of piperidine rings is 1. The third-order valence-corrected chi connectivity index (χ3v) is 4.92. The third kappa shape index (κ3) is 4.52. The lowest BCUT2D eigenvalue weighted by Gasteiger charge is -2.23. The molecule has 6 nitrogen and oxygen atoms in total. The van der Waals surface area contributed by atoms with Gasteiger partial charge in [-0.2, -0.15) is 13.2 Å². The Balaban J connectivity index is 0.000000260. The van der Waals surface area contributed by atoms with Gasteiger partial charge in [0.15, 0.2) is 0 Å². The van der Waals surface area contributed by atoms with Crippen LogP contribution in [0.4, 0.5) is 13.2 Å². The third-order valence-electron chi connectivity index (χ3n) is 4.92. The Hall–Kier alpha value is -2.29.